The number of anilines is 1. The molecule has 1 unspecified atom stereocenters. The van der Waals surface area contributed by atoms with Gasteiger partial charge in [-0.05, 0) is 12.1 Å². The highest BCUT2D eigenvalue weighted by Crippen LogP contribution is 2.21. The Hall–Kier alpha value is -2.26. The van der Waals surface area contributed by atoms with Crippen LogP contribution in [0.25, 0.3) is 0 Å². The molecule has 1 amide bonds. The lowest BCUT2D eigenvalue weighted by Crippen LogP contribution is -2.37. The van der Waals surface area contributed by atoms with Crippen LogP contribution < -0.4 is 9.62 Å². The highest BCUT2D eigenvalue weighted by atomic mass is 32.2. The van der Waals surface area contributed by atoms with E-state index in [0.29, 0.717) is 6.54 Å². The summed E-state index contributed by atoms with van der Waals surface area (Å²) >= 11 is 0. The van der Waals surface area contributed by atoms with E-state index in [1.54, 1.807) is 4.90 Å². The lowest BCUT2D eigenvalue weighted by Gasteiger charge is -2.16. The number of carbonyl (C=O) groups excluding carboxylic acids is 1. The molecule has 1 saturated heterocycles. The van der Waals surface area contributed by atoms with E-state index in [1.807, 2.05) is 30.3 Å². The van der Waals surface area contributed by atoms with Gasteiger partial charge in [0.25, 0.3) is 10.0 Å². The standard InChI is InChI=1S/C13H15N5O3S/c1-17-14-8-12(15-17)22(20,21)16-10-7-13(19)18(9-10)11-5-3-2-4-6-11/h2-6,8,10,16H,7,9H2,1H3. The molecule has 0 bridgehead atoms. The van der Waals surface area contributed by atoms with Gasteiger partial charge in [-0.3, -0.25) is 4.79 Å². The molecule has 0 saturated carbocycles. The number of hydrogen-bond donors (Lipinski definition) is 1. The molecule has 22 heavy (non-hydrogen) atoms. The first-order chi connectivity index (χ1) is 10.5. The molecule has 3 rings (SSSR count). The molecule has 1 aromatic heterocycles. The van der Waals surface area contributed by atoms with E-state index in [2.05, 4.69) is 14.9 Å². The second-order valence-corrected chi connectivity index (χ2v) is 6.70. The SMILES string of the molecule is Cn1ncc(S(=O)(=O)NC2CC(=O)N(c3ccccc3)C2)n1. The Kier molecular flexibility index (Phi) is 3.67. The summed E-state index contributed by atoms with van der Waals surface area (Å²) in [6.07, 6.45) is 1.29. The Morgan fingerprint density at radius 3 is 2.64 bits per heavy atom. The fourth-order valence-electron chi connectivity index (χ4n) is 2.37. The van der Waals surface area contributed by atoms with E-state index in [4.69, 9.17) is 0 Å². The number of aryl methyl sites for hydroxylation is 1. The molecule has 1 aliphatic rings. The number of aromatic nitrogens is 3. The molecule has 0 radical (unpaired) electrons. The predicted molar refractivity (Wildman–Crippen MR) is 78.5 cm³/mol. The van der Waals surface area contributed by atoms with Gasteiger partial charge in [-0.1, -0.05) is 18.2 Å². The summed E-state index contributed by atoms with van der Waals surface area (Å²) in [6, 6.07) is 8.67. The predicted octanol–water partition coefficient (Wildman–Crippen LogP) is -0.101. The monoisotopic (exact) mass is 321 g/mol. The molecule has 2 heterocycles. The van der Waals surface area contributed by atoms with Gasteiger partial charge in [-0.15, -0.1) is 5.10 Å². The zero-order chi connectivity index (χ0) is 15.7. The number of para-hydroxylation sites is 1. The molecule has 1 fully saturated rings. The maximum atomic E-state index is 12.2. The Morgan fingerprint density at radius 1 is 1.27 bits per heavy atom. The molecule has 2 aromatic rings. The van der Waals surface area contributed by atoms with Gasteiger partial charge in [0.05, 0.1) is 6.20 Å². The second kappa shape index (κ2) is 5.50. The average molecular weight is 321 g/mol. The minimum atomic E-state index is -3.78. The summed E-state index contributed by atoms with van der Waals surface area (Å²) < 4.78 is 26.9. The van der Waals surface area contributed by atoms with Gasteiger partial charge in [0.2, 0.25) is 10.9 Å². The van der Waals surface area contributed by atoms with E-state index in [9.17, 15) is 13.2 Å². The van der Waals surface area contributed by atoms with Crippen molar-refractivity contribution in [1.29, 1.82) is 0 Å². The summed E-state index contributed by atoms with van der Waals surface area (Å²) in [5, 5.41) is 7.37. The van der Waals surface area contributed by atoms with E-state index in [-0.39, 0.29) is 17.4 Å². The molecule has 8 nitrogen and oxygen atoms in total. The van der Waals surface area contributed by atoms with Crippen molar-refractivity contribution in [3.63, 3.8) is 0 Å². The first-order valence-corrected chi connectivity index (χ1v) is 8.18. The largest absolute Gasteiger partial charge is 0.311 e. The first kappa shape index (κ1) is 14.7. The van der Waals surface area contributed by atoms with Crippen molar-refractivity contribution in [2.24, 2.45) is 7.05 Å². The van der Waals surface area contributed by atoms with Crippen molar-refractivity contribution < 1.29 is 13.2 Å². The van der Waals surface area contributed by atoms with Crippen LogP contribution in [0, 0.1) is 0 Å². The molecule has 1 aliphatic heterocycles. The number of rotatable bonds is 4. The quantitative estimate of drug-likeness (QED) is 0.848. The van der Waals surface area contributed by atoms with Crippen LogP contribution in [0.4, 0.5) is 5.69 Å². The second-order valence-electron chi connectivity index (χ2n) is 5.03. The summed E-state index contributed by atoms with van der Waals surface area (Å²) in [6.45, 7) is 0.294. The number of carbonyl (C=O) groups is 1. The van der Waals surface area contributed by atoms with Crippen LogP contribution in [0.2, 0.25) is 0 Å². The number of sulfonamides is 1. The van der Waals surface area contributed by atoms with Crippen LogP contribution >= 0.6 is 0 Å². The van der Waals surface area contributed by atoms with Crippen molar-refractivity contribution in [3.8, 4) is 0 Å². The fourth-order valence-corrected chi connectivity index (χ4v) is 3.50. The molecular weight excluding hydrogens is 306 g/mol. The maximum absolute atomic E-state index is 12.2. The van der Waals surface area contributed by atoms with E-state index >= 15 is 0 Å². The highest BCUT2D eigenvalue weighted by molar-refractivity contribution is 7.89. The Balaban J connectivity index is 1.74. The van der Waals surface area contributed by atoms with E-state index in [0.717, 1.165) is 5.69 Å². The summed E-state index contributed by atoms with van der Waals surface area (Å²) in [7, 11) is -2.24. The molecule has 0 spiro atoms. The zero-order valence-electron chi connectivity index (χ0n) is 11.9. The molecular formula is C13H15N5O3S. The molecule has 1 atom stereocenters. The number of nitrogens with zero attached hydrogens (tertiary/aromatic N) is 4. The van der Waals surface area contributed by atoms with Gasteiger partial charge in [-0.2, -0.15) is 9.90 Å². The van der Waals surface area contributed by atoms with E-state index < -0.39 is 16.1 Å². The van der Waals surface area contributed by atoms with Crippen molar-refractivity contribution in [2.45, 2.75) is 17.5 Å². The summed E-state index contributed by atoms with van der Waals surface area (Å²) in [4.78, 5) is 14.8. The smallest absolute Gasteiger partial charge is 0.261 e. The van der Waals surface area contributed by atoms with Gasteiger partial charge < -0.3 is 4.90 Å². The lowest BCUT2D eigenvalue weighted by molar-refractivity contribution is -0.117. The van der Waals surface area contributed by atoms with Crippen LogP contribution in [0.5, 0.6) is 0 Å². The van der Waals surface area contributed by atoms with Crippen LogP contribution in [-0.4, -0.2) is 41.9 Å². The topological polar surface area (TPSA) is 97.2 Å². The molecule has 116 valence electrons. The number of benzene rings is 1. The van der Waals surface area contributed by atoms with Gasteiger partial charge in [0.15, 0.2) is 0 Å². The number of hydrogen-bond acceptors (Lipinski definition) is 5. The van der Waals surface area contributed by atoms with Gasteiger partial charge in [-0.25, -0.2) is 13.1 Å². The minimum absolute atomic E-state index is 0.113. The fraction of sp³-hybridized carbons (Fsp3) is 0.308. The molecule has 1 aromatic carbocycles. The Morgan fingerprint density at radius 2 is 2.00 bits per heavy atom. The van der Waals surface area contributed by atoms with Crippen LogP contribution in [0.1, 0.15) is 6.42 Å². The van der Waals surface area contributed by atoms with Crippen molar-refractivity contribution >= 4 is 21.6 Å². The lowest BCUT2D eigenvalue weighted by atomic mass is 10.3. The summed E-state index contributed by atoms with van der Waals surface area (Å²) in [5.41, 5.74) is 0.758. The van der Waals surface area contributed by atoms with Crippen molar-refractivity contribution in [1.82, 2.24) is 19.7 Å². The summed E-state index contributed by atoms with van der Waals surface area (Å²) in [5.74, 6) is -0.113. The van der Waals surface area contributed by atoms with Gasteiger partial charge in [0.1, 0.15) is 0 Å². The minimum Gasteiger partial charge on any atom is -0.311 e. The average Bonchev–Trinajstić information content (AvgIpc) is 3.06. The van der Waals surface area contributed by atoms with Crippen LogP contribution in [0.15, 0.2) is 41.6 Å². The van der Waals surface area contributed by atoms with Gasteiger partial charge in [0, 0.05) is 31.7 Å². The Bertz CT molecular complexity index is 787. The molecule has 1 N–H and O–H groups in total. The van der Waals surface area contributed by atoms with Crippen LogP contribution in [0.3, 0.4) is 0 Å². The Labute approximate surface area is 127 Å². The maximum Gasteiger partial charge on any atom is 0.261 e. The van der Waals surface area contributed by atoms with Crippen molar-refractivity contribution in [3.05, 3.63) is 36.5 Å². The third-order valence-electron chi connectivity index (χ3n) is 3.37. The third-order valence-corrected chi connectivity index (χ3v) is 4.75. The van der Waals surface area contributed by atoms with Crippen molar-refractivity contribution in [2.75, 3.05) is 11.4 Å². The normalized spacial score (nSPS) is 18.9. The first-order valence-electron chi connectivity index (χ1n) is 6.70. The number of nitrogens with one attached hydrogen (secondary N) is 1. The number of amides is 1. The highest BCUT2D eigenvalue weighted by Gasteiger charge is 2.34. The third kappa shape index (κ3) is 2.85. The van der Waals surface area contributed by atoms with Gasteiger partial charge >= 0.3 is 0 Å². The molecule has 0 aliphatic carbocycles. The zero-order valence-corrected chi connectivity index (χ0v) is 12.7. The van der Waals surface area contributed by atoms with E-state index in [1.165, 1.54) is 18.0 Å². The van der Waals surface area contributed by atoms with Crippen LogP contribution in [-0.2, 0) is 21.9 Å². The molecule has 9 heteroatoms.